The fourth-order valence-electron chi connectivity index (χ4n) is 3.62. The molecule has 3 aromatic heterocycles. The number of carbonyl (C=O) groups excluding carboxylic acids is 1. The maximum absolute atomic E-state index is 12.9. The maximum Gasteiger partial charge on any atom is 0.291 e. The van der Waals surface area contributed by atoms with Gasteiger partial charge >= 0.3 is 0 Å². The second-order valence-electron chi connectivity index (χ2n) is 9.29. The van der Waals surface area contributed by atoms with Crippen molar-refractivity contribution in [2.24, 2.45) is 11.7 Å². The largest absolute Gasteiger partial charge is 0.366 e. The van der Waals surface area contributed by atoms with Crippen LogP contribution in [0.3, 0.4) is 0 Å². The Morgan fingerprint density at radius 1 is 1.21 bits per heavy atom. The van der Waals surface area contributed by atoms with Crippen molar-refractivity contribution >= 4 is 41.1 Å². The zero-order valence-corrected chi connectivity index (χ0v) is 21.1. The van der Waals surface area contributed by atoms with E-state index in [-0.39, 0.29) is 22.4 Å². The fraction of sp³-hybridized carbons (Fsp3) is 0.545. The molecule has 1 saturated carbocycles. The smallest absolute Gasteiger partial charge is 0.291 e. The molecule has 5 rings (SSSR count). The summed E-state index contributed by atoms with van der Waals surface area (Å²) < 4.78 is 27.6. The second-order valence-corrected chi connectivity index (χ2v) is 10.8. The van der Waals surface area contributed by atoms with Crippen LogP contribution in [0.4, 0.5) is 14.5 Å². The molecular weight excluding hydrogens is 480 g/mol. The van der Waals surface area contributed by atoms with Crippen LogP contribution in [0, 0.1) is 5.92 Å². The van der Waals surface area contributed by atoms with Gasteiger partial charge in [0.25, 0.3) is 6.43 Å². The standard InChI is InChI=1S/C18H20F2N6OS2.C4H9N/c1-10(2)18(27)25-5-3-24(4-6-25)12-7-11(28)9-26-13(12)8-21-15(26)17-23-22-16(29-17)14(19)20;1-4(5)2-3-4/h7-10,14,28H,3-6H2,1-2H3;2-3,5H2,1H3. The van der Waals surface area contributed by atoms with E-state index in [0.717, 1.165) is 22.5 Å². The van der Waals surface area contributed by atoms with Crippen LogP contribution >= 0.6 is 24.0 Å². The molecule has 1 aliphatic carbocycles. The molecule has 0 radical (unpaired) electrons. The number of nitrogens with zero attached hydrogens (tertiary/aromatic N) is 6. The zero-order chi connectivity index (χ0) is 24.6. The van der Waals surface area contributed by atoms with Crippen LogP contribution in [-0.4, -0.2) is 62.1 Å². The summed E-state index contributed by atoms with van der Waals surface area (Å²) >= 11 is 5.34. The molecule has 2 N–H and O–H groups in total. The van der Waals surface area contributed by atoms with Crippen molar-refractivity contribution < 1.29 is 13.6 Å². The number of nitrogens with two attached hydrogens (primary N) is 1. The first-order valence-corrected chi connectivity index (χ1v) is 12.5. The predicted octanol–water partition coefficient (Wildman–Crippen LogP) is 3.88. The molecule has 2 aliphatic rings. The van der Waals surface area contributed by atoms with Gasteiger partial charge in [0.2, 0.25) is 5.91 Å². The fourth-order valence-corrected chi connectivity index (χ4v) is 4.55. The van der Waals surface area contributed by atoms with Crippen molar-refractivity contribution in [2.75, 3.05) is 31.1 Å². The Labute approximate surface area is 206 Å². The summed E-state index contributed by atoms with van der Waals surface area (Å²) in [6.07, 6.45) is 3.28. The van der Waals surface area contributed by atoms with Gasteiger partial charge in [-0.2, -0.15) is 0 Å². The molecule has 1 amide bonds. The summed E-state index contributed by atoms with van der Waals surface area (Å²) in [6, 6.07) is 1.95. The number of aromatic nitrogens is 4. The Kier molecular flexibility index (Phi) is 7.11. The van der Waals surface area contributed by atoms with Gasteiger partial charge in [-0.15, -0.1) is 22.8 Å². The SMILES string of the molecule is CC(C)C(=O)N1CCN(c2cc(S)cn3c(-c4nnc(C(F)F)s4)ncc23)CC1.CC1(N)CC1. The van der Waals surface area contributed by atoms with E-state index in [1.165, 1.54) is 12.8 Å². The first kappa shape index (κ1) is 24.8. The van der Waals surface area contributed by atoms with E-state index in [1.54, 1.807) is 16.8 Å². The minimum Gasteiger partial charge on any atom is -0.366 e. The number of hydrogen-bond donors (Lipinski definition) is 2. The topological polar surface area (TPSA) is 92.7 Å². The average Bonchev–Trinajstić information content (AvgIpc) is 3.19. The van der Waals surface area contributed by atoms with E-state index in [2.05, 4.69) is 39.6 Å². The number of piperazine rings is 1. The van der Waals surface area contributed by atoms with Crippen molar-refractivity contribution in [3.8, 4) is 10.8 Å². The number of imidazole rings is 1. The molecule has 0 unspecified atom stereocenters. The van der Waals surface area contributed by atoms with Crippen LogP contribution in [0.1, 0.15) is 45.0 Å². The van der Waals surface area contributed by atoms with Crippen molar-refractivity contribution in [1.29, 1.82) is 0 Å². The van der Waals surface area contributed by atoms with Crippen molar-refractivity contribution in [3.05, 3.63) is 23.5 Å². The quantitative estimate of drug-likeness (QED) is 0.519. The van der Waals surface area contributed by atoms with Gasteiger partial charge in [0.15, 0.2) is 15.8 Å². The van der Waals surface area contributed by atoms with Gasteiger partial charge in [-0.05, 0) is 25.8 Å². The van der Waals surface area contributed by atoms with E-state index in [1.807, 2.05) is 24.8 Å². The number of amides is 1. The van der Waals surface area contributed by atoms with Crippen LogP contribution in [0.15, 0.2) is 23.4 Å². The van der Waals surface area contributed by atoms with Crippen LogP contribution in [-0.2, 0) is 4.79 Å². The van der Waals surface area contributed by atoms with Gasteiger partial charge in [-0.25, -0.2) is 13.8 Å². The molecule has 1 saturated heterocycles. The van der Waals surface area contributed by atoms with E-state index in [0.29, 0.717) is 41.9 Å². The van der Waals surface area contributed by atoms with Crippen LogP contribution in [0.25, 0.3) is 16.3 Å². The van der Waals surface area contributed by atoms with E-state index >= 15 is 0 Å². The number of pyridine rings is 1. The second kappa shape index (κ2) is 9.74. The highest BCUT2D eigenvalue weighted by Crippen LogP contribution is 2.33. The Morgan fingerprint density at radius 2 is 1.85 bits per heavy atom. The van der Waals surface area contributed by atoms with Crippen LogP contribution < -0.4 is 10.6 Å². The summed E-state index contributed by atoms with van der Waals surface area (Å²) in [7, 11) is 0. The molecule has 12 heteroatoms. The molecule has 0 spiro atoms. The lowest BCUT2D eigenvalue weighted by Gasteiger charge is -2.37. The van der Waals surface area contributed by atoms with E-state index in [4.69, 9.17) is 5.73 Å². The first-order chi connectivity index (χ1) is 16.1. The number of fused-ring (bicyclic) bond motifs is 1. The third-order valence-electron chi connectivity index (χ3n) is 5.89. The normalized spacial score (nSPS) is 17.3. The van der Waals surface area contributed by atoms with E-state index < -0.39 is 6.43 Å². The Hall–Kier alpha value is -2.31. The molecule has 8 nitrogen and oxygen atoms in total. The summed E-state index contributed by atoms with van der Waals surface area (Å²) in [6.45, 7) is 8.57. The number of halogens is 2. The number of rotatable bonds is 4. The molecule has 184 valence electrons. The molecule has 0 bridgehead atoms. The predicted molar refractivity (Wildman–Crippen MR) is 132 cm³/mol. The van der Waals surface area contributed by atoms with Crippen molar-refractivity contribution in [1.82, 2.24) is 24.5 Å². The highest BCUT2D eigenvalue weighted by atomic mass is 32.1. The highest BCUT2D eigenvalue weighted by Gasteiger charge is 2.31. The van der Waals surface area contributed by atoms with Gasteiger partial charge in [0.05, 0.1) is 17.4 Å². The Balaban J connectivity index is 0.000000486. The van der Waals surface area contributed by atoms with E-state index in [9.17, 15) is 13.6 Å². The molecule has 0 aromatic carbocycles. The molecule has 0 atom stereocenters. The minimum absolute atomic E-state index is 0.0172. The number of alkyl halides is 2. The monoisotopic (exact) mass is 509 g/mol. The Bertz CT molecular complexity index is 1160. The summed E-state index contributed by atoms with van der Waals surface area (Å²) in [4.78, 5) is 21.4. The number of hydrogen-bond acceptors (Lipinski definition) is 8. The lowest BCUT2D eigenvalue weighted by molar-refractivity contribution is -0.134. The third-order valence-corrected chi connectivity index (χ3v) is 7.06. The van der Waals surface area contributed by atoms with Gasteiger partial charge in [0.1, 0.15) is 0 Å². The molecule has 34 heavy (non-hydrogen) atoms. The third kappa shape index (κ3) is 5.49. The minimum atomic E-state index is -2.66. The molecule has 3 aromatic rings. The molecular formula is C22H29F2N7OS2. The maximum atomic E-state index is 12.9. The molecule has 4 heterocycles. The van der Waals surface area contributed by atoms with Crippen LogP contribution in [0.5, 0.6) is 0 Å². The molecule has 1 aliphatic heterocycles. The summed E-state index contributed by atoms with van der Waals surface area (Å²) in [5, 5.41) is 7.42. The number of carbonyl (C=O) groups is 1. The first-order valence-electron chi connectivity index (χ1n) is 11.2. The lowest BCUT2D eigenvalue weighted by atomic mass is 10.1. The molecule has 2 fully saturated rings. The number of anilines is 1. The zero-order valence-electron chi connectivity index (χ0n) is 19.4. The summed E-state index contributed by atoms with van der Waals surface area (Å²) in [5.74, 6) is 0.599. The van der Waals surface area contributed by atoms with Gasteiger partial charge < -0.3 is 15.5 Å². The Morgan fingerprint density at radius 3 is 2.38 bits per heavy atom. The van der Waals surface area contributed by atoms with Gasteiger partial charge in [-0.3, -0.25) is 9.20 Å². The average molecular weight is 510 g/mol. The van der Waals surface area contributed by atoms with Crippen molar-refractivity contribution in [2.45, 2.75) is 50.5 Å². The van der Waals surface area contributed by atoms with Gasteiger partial charge in [-0.1, -0.05) is 25.2 Å². The highest BCUT2D eigenvalue weighted by molar-refractivity contribution is 7.80. The van der Waals surface area contributed by atoms with Gasteiger partial charge in [0, 0.05) is 48.7 Å². The number of thiol groups is 1. The van der Waals surface area contributed by atoms with Crippen molar-refractivity contribution in [3.63, 3.8) is 0 Å². The summed E-state index contributed by atoms with van der Waals surface area (Å²) in [5.41, 5.74) is 7.48. The lowest BCUT2D eigenvalue weighted by Crippen LogP contribution is -2.50. The van der Waals surface area contributed by atoms with Crippen LogP contribution in [0.2, 0.25) is 0 Å².